The molecule has 29 heavy (non-hydrogen) atoms. The Morgan fingerprint density at radius 2 is 1.17 bits per heavy atom. The fourth-order valence-electron chi connectivity index (χ4n) is 4.21. The lowest BCUT2D eigenvalue weighted by atomic mass is 9.94. The fourth-order valence-corrected chi connectivity index (χ4v) is 6.68. The van der Waals surface area contributed by atoms with Crippen molar-refractivity contribution in [3.05, 3.63) is 0 Å². The molecule has 1 saturated carbocycles. The number of nitrogens with one attached hydrogen (secondary N) is 1. The molecule has 1 fully saturated rings. The molecule has 0 saturated heterocycles. The zero-order valence-corrected chi connectivity index (χ0v) is 20.7. The van der Waals surface area contributed by atoms with Gasteiger partial charge >= 0.3 is 7.60 Å². The Hall–Kier alpha value is 0.110. The van der Waals surface area contributed by atoms with Gasteiger partial charge in [0.25, 0.3) is 0 Å². The van der Waals surface area contributed by atoms with Crippen LogP contribution in [0.25, 0.3) is 0 Å². The molecule has 0 aromatic heterocycles. The summed E-state index contributed by atoms with van der Waals surface area (Å²) in [6, 6.07) is 0. The van der Waals surface area contributed by atoms with Crippen LogP contribution in [0.1, 0.15) is 130 Å². The van der Waals surface area contributed by atoms with E-state index in [4.69, 9.17) is 9.05 Å². The molecule has 4 nitrogen and oxygen atoms in total. The highest BCUT2D eigenvalue weighted by Gasteiger charge is 2.51. The molecule has 174 valence electrons. The molecular weight excluding hydrogens is 381 g/mol. The highest BCUT2D eigenvalue weighted by molar-refractivity contribution is 7.55. The standard InChI is InChI=1S/C24H50NO3P/c1-4-7-10-11-12-13-14-18-21-25-24(19-16-15-17-20-24)29(26,27-22-8-5-2)28-23-9-6-3/h25H,4-23H2,1-3H3. The molecule has 1 aliphatic rings. The molecule has 5 heteroatoms. The van der Waals surface area contributed by atoms with Crippen molar-refractivity contribution in [2.24, 2.45) is 0 Å². The van der Waals surface area contributed by atoms with E-state index in [1.54, 1.807) is 0 Å². The molecule has 1 N–H and O–H groups in total. The molecule has 0 heterocycles. The number of rotatable bonds is 19. The van der Waals surface area contributed by atoms with Crippen LogP contribution >= 0.6 is 7.60 Å². The van der Waals surface area contributed by atoms with Crippen molar-refractivity contribution in [2.75, 3.05) is 19.8 Å². The summed E-state index contributed by atoms with van der Waals surface area (Å²) in [5.74, 6) is 0. The van der Waals surface area contributed by atoms with Crippen LogP contribution in [0.5, 0.6) is 0 Å². The van der Waals surface area contributed by atoms with Gasteiger partial charge in [0.15, 0.2) is 0 Å². The van der Waals surface area contributed by atoms with Gasteiger partial charge in [0.05, 0.1) is 13.2 Å². The van der Waals surface area contributed by atoms with Crippen molar-refractivity contribution in [1.29, 1.82) is 0 Å². The Morgan fingerprint density at radius 1 is 0.690 bits per heavy atom. The predicted molar refractivity (Wildman–Crippen MR) is 126 cm³/mol. The van der Waals surface area contributed by atoms with Crippen molar-refractivity contribution in [3.63, 3.8) is 0 Å². The first-order valence-electron chi connectivity index (χ1n) is 12.8. The molecule has 0 aromatic rings. The molecule has 1 rings (SSSR count). The van der Waals surface area contributed by atoms with E-state index in [1.165, 1.54) is 51.4 Å². The van der Waals surface area contributed by atoms with Crippen LogP contribution in [0.2, 0.25) is 0 Å². The van der Waals surface area contributed by atoms with Crippen LogP contribution in [0.15, 0.2) is 0 Å². The second kappa shape index (κ2) is 16.8. The van der Waals surface area contributed by atoms with E-state index in [2.05, 4.69) is 26.1 Å². The number of hydrogen-bond donors (Lipinski definition) is 1. The van der Waals surface area contributed by atoms with Crippen LogP contribution < -0.4 is 5.32 Å². The van der Waals surface area contributed by atoms with E-state index in [-0.39, 0.29) is 0 Å². The van der Waals surface area contributed by atoms with Gasteiger partial charge in [-0.2, -0.15) is 0 Å². The van der Waals surface area contributed by atoms with Gasteiger partial charge in [-0.3, -0.25) is 4.57 Å². The molecule has 1 aliphatic carbocycles. The van der Waals surface area contributed by atoms with E-state index < -0.39 is 12.9 Å². The normalized spacial score (nSPS) is 16.9. The van der Waals surface area contributed by atoms with Crippen molar-refractivity contribution < 1.29 is 13.6 Å². The Morgan fingerprint density at radius 3 is 1.69 bits per heavy atom. The van der Waals surface area contributed by atoms with Crippen LogP contribution in [0, 0.1) is 0 Å². The lowest BCUT2D eigenvalue weighted by Crippen LogP contribution is -2.48. The second-order valence-electron chi connectivity index (χ2n) is 8.86. The van der Waals surface area contributed by atoms with E-state index in [9.17, 15) is 4.57 Å². The van der Waals surface area contributed by atoms with Crippen molar-refractivity contribution >= 4 is 7.60 Å². The van der Waals surface area contributed by atoms with Crippen molar-refractivity contribution in [3.8, 4) is 0 Å². The highest BCUT2D eigenvalue weighted by Crippen LogP contribution is 2.63. The predicted octanol–water partition coefficient (Wildman–Crippen LogP) is 8.20. The maximum Gasteiger partial charge on any atom is 0.350 e. The maximum absolute atomic E-state index is 14.0. The maximum atomic E-state index is 14.0. The molecule has 0 unspecified atom stereocenters. The fraction of sp³-hybridized carbons (Fsp3) is 1.00. The first-order chi connectivity index (χ1) is 14.1. The molecule has 0 bridgehead atoms. The van der Waals surface area contributed by atoms with Crippen LogP contribution in [-0.2, 0) is 13.6 Å². The Kier molecular flexibility index (Phi) is 15.7. The van der Waals surface area contributed by atoms with Gasteiger partial charge in [0.1, 0.15) is 5.28 Å². The van der Waals surface area contributed by atoms with Gasteiger partial charge in [-0.15, -0.1) is 0 Å². The quantitative estimate of drug-likeness (QED) is 0.165. The molecule has 0 aliphatic heterocycles. The Balaban J connectivity index is 2.58. The summed E-state index contributed by atoms with van der Waals surface area (Å²) in [6.07, 6.45) is 19.8. The third kappa shape index (κ3) is 10.3. The third-order valence-electron chi connectivity index (χ3n) is 6.21. The Bertz CT molecular complexity index is 410. The van der Waals surface area contributed by atoms with Crippen LogP contribution in [0.4, 0.5) is 0 Å². The number of unbranched alkanes of at least 4 members (excludes halogenated alkanes) is 9. The minimum absolute atomic E-state index is 0.464. The lowest BCUT2D eigenvalue weighted by molar-refractivity contribution is 0.153. The zero-order valence-electron chi connectivity index (χ0n) is 19.8. The minimum atomic E-state index is -3.17. The van der Waals surface area contributed by atoms with Crippen molar-refractivity contribution in [1.82, 2.24) is 5.32 Å². The summed E-state index contributed by atoms with van der Waals surface area (Å²) in [5.41, 5.74) is 0. The van der Waals surface area contributed by atoms with Gasteiger partial charge in [-0.05, 0) is 38.6 Å². The van der Waals surface area contributed by atoms with E-state index in [0.29, 0.717) is 13.2 Å². The van der Waals surface area contributed by atoms with Crippen LogP contribution in [0.3, 0.4) is 0 Å². The summed E-state index contributed by atoms with van der Waals surface area (Å²) in [4.78, 5) is 0. The first-order valence-corrected chi connectivity index (χ1v) is 14.3. The molecule has 0 atom stereocenters. The highest BCUT2D eigenvalue weighted by atomic mass is 31.2. The summed E-state index contributed by atoms with van der Waals surface area (Å²) in [7, 11) is -3.17. The molecule has 0 amide bonds. The first kappa shape index (κ1) is 27.1. The molecule has 0 aromatic carbocycles. The third-order valence-corrected chi connectivity index (χ3v) is 8.91. The van der Waals surface area contributed by atoms with Crippen molar-refractivity contribution in [2.45, 2.75) is 135 Å². The smallest absolute Gasteiger partial charge is 0.307 e. The van der Waals surface area contributed by atoms with Gasteiger partial charge in [-0.1, -0.05) is 97.8 Å². The zero-order chi connectivity index (χ0) is 21.3. The Labute approximate surface area is 181 Å². The molecule has 0 radical (unpaired) electrons. The van der Waals surface area contributed by atoms with Gasteiger partial charge in [-0.25, -0.2) is 0 Å². The minimum Gasteiger partial charge on any atom is -0.307 e. The molecule has 0 spiro atoms. The van der Waals surface area contributed by atoms with Gasteiger partial charge in [0.2, 0.25) is 0 Å². The van der Waals surface area contributed by atoms with E-state index in [0.717, 1.165) is 64.3 Å². The summed E-state index contributed by atoms with van der Waals surface area (Å²) in [5, 5.41) is 3.26. The van der Waals surface area contributed by atoms with Crippen LogP contribution in [-0.4, -0.2) is 25.0 Å². The summed E-state index contributed by atoms with van der Waals surface area (Å²) >= 11 is 0. The monoisotopic (exact) mass is 431 g/mol. The topological polar surface area (TPSA) is 47.6 Å². The molecular formula is C24H50NO3P. The van der Waals surface area contributed by atoms with Gasteiger partial charge in [0, 0.05) is 0 Å². The average molecular weight is 432 g/mol. The number of hydrogen-bond acceptors (Lipinski definition) is 4. The van der Waals surface area contributed by atoms with Gasteiger partial charge < -0.3 is 14.4 Å². The average Bonchev–Trinajstić information content (AvgIpc) is 2.73. The lowest BCUT2D eigenvalue weighted by Gasteiger charge is -2.42. The van der Waals surface area contributed by atoms with E-state index >= 15 is 0 Å². The SMILES string of the molecule is CCCCCCCCCCNC1(P(=O)(OCCCC)OCCCC)CCCCC1. The van der Waals surface area contributed by atoms with E-state index in [1.807, 2.05) is 0 Å². The largest absolute Gasteiger partial charge is 0.350 e. The second-order valence-corrected chi connectivity index (χ2v) is 11.2. The summed E-state index contributed by atoms with van der Waals surface area (Å²) in [6.45, 7) is 8.56. The summed E-state index contributed by atoms with van der Waals surface area (Å²) < 4.78 is 26.1.